The van der Waals surface area contributed by atoms with Crippen LogP contribution < -0.4 is 34.4 Å². The summed E-state index contributed by atoms with van der Waals surface area (Å²) in [4.78, 5) is 17.7. The molecule has 0 aliphatic heterocycles. The van der Waals surface area contributed by atoms with Crippen molar-refractivity contribution in [1.82, 2.24) is 34.3 Å². The van der Waals surface area contributed by atoms with E-state index < -0.39 is 0 Å². The van der Waals surface area contributed by atoms with Crippen LogP contribution >= 0.6 is 0 Å². The minimum atomic E-state index is 0.485. The highest BCUT2D eigenvalue weighted by molar-refractivity contribution is 4.74. The molecule has 0 saturated carbocycles. The number of nitrogens with zero attached hydrogens (tertiary/aromatic N) is 7. The van der Waals surface area contributed by atoms with Gasteiger partial charge in [0.2, 0.25) is 0 Å². The lowest BCUT2D eigenvalue weighted by atomic mass is 10.2. The molecule has 0 spiro atoms. The predicted molar refractivity (Wildman–Crippen MR) is 209 cm³/mol. The van der Waals surface area contributed by atoms with E-state index in [2.05, 4.69) is 75.8 Å². The lowest BCUT2D eigenvalue weighted by Crippen LogP contribution is -2.48. The van der Waals surface area contributed by atoms with Gasteiger partial charge in [0.1, 0.15) is 0 Å². The molecule has 48 heavy (non-hydrogen) atoms. The summed E-state index contributed by atoms with van der Waals surface area (Å²) in [7, 11) is 0. The monoisotopic (exact) mass is 688 g/mol. The Morgan fingerprint density at radius 3 is 0.771 bits per heavy atom. The highest BCUT2D eigenvalue weighted by Crippen LogP contribution is 2.04. The molecule has 0 aliphatic rings. The smallest absolute Gasteiger partial charge is 0.0113 e. The predicted octanol–water partition coefficient (Wildman–Crippen LogP) is -1.43. The number of hydrogen-bond acceptors (Lipinski definition) is 13. The van der Waals surface area contributed by atoms with Gasteiger partial charge in [-0.25, -0.2) is 0 Å². The van der Waals surface area contributed by atoms with Crippen molar-refractivity contribution in [2.45, 2.75) is 47.6 Å². The SMILES string of the molecule is CC(C)CN(CCN)CCN(CCN)CCN(CCN)CCN(CCN(CCN)CCN(CCN)C(C)C)CCN(CCN)CC(C)C. The van der Waals surface area contributed by atoms with Crippen molar-refractivity contribution < 1.29 is 0 Å². The van der Waals surface area contributed by atoms with E-state index in [9.17, 15) is 0 Å². The average molecular weight is 688 g/mol. The van der Waals surface area contributed by atoms with Crippen LogP contribution in [-0.2, 0) is 0 Å². The van der Waals surface area contributed by atoms with Gasteiger partial charge in [-0.3, -0.25) is 24.5 Å². The molecule has 0 heterocycles. The summed E-state index contributed by atoms with van der Waals surface area (Å²) in [6, 6.07) is 0.485. The number of hydrogen-bond donors (Lipinski definition) is 6. The van der Waals surface area contributed by atoms with Crippen LogP contribution in [0.1, 0.15) is 41.5 Å². The first-order valence-corrected chi connectivity index (χ1v) is 19.3. The van der Waals surface area contributed by atoms with E-state index in [1.54, 1.807) is 0 Å². The second-order valence-electron chi connectivity index (χ2n) is 14.6. The lowest BCUT2D eigenvalue weighted by Gasteiger charge is -2.34. The molecule has 0 aromatic rings. The van der Waals surface area contributed by atoms with Crippen LogP contribution in [-0.4, -0.2) is 211 Å². The van der Waals surface area contributed by atoms with Crippen molar-refractivity contribution in [3.63, 3.8) is 0 Å². The third-order valence-corrected chi connectivity index (χ3v) is 8.99. The van der Waals surface area contributed by atoms with Crippen LogP contribution in [0.2, 0.25) is 0 Å². The molecule has 0 fully saturated rings. The highest BCUT2D eigenvalue weighted by atomic mass is 15.3. The van der Waals surface area contributed by atoms with Gasteiger partial charge >= 0.3 is 0 Å². The molecule has 0 radical (unpaired) electrons. The van der Waals surface area contributed by atoms with Crippen molar-refractivity contribution in [1.29, 1.82) is 0 Å². The van der Waals surface area contributed by atoms with Gasteiger partial charge in [-0.2, -0.15) is 0 Å². The Morgan fingerprint density at radius 2 is 0.521 bits per heavy atom. The molecule has 0 saturated heterocycles. The highest BCUT2D eigenvalue weighted by Gasteiger charge is 2.17. The third kappa shape index (κ3) is 25.4. The van der Waals surface area contributed by atoms with Crippen molar-refractivity contribution in [3.05, 3.63) is 0 Å². The fourth-order valence-corrected chi connectivity index (χ4v) is 6.35. The third-order valence-electron chi connectivity index (χ3n) is 8.99. The fourth-order valence-electron chi connectivity index (χ4n) is 6.35. The van der Waals surface area contributed by atoms with Crippen LogP contribution in [0, 0.1) is 11.8 Å². The Bertz CT molecular complexity index is 685. The van der Waals surface area contributed by atoms with E-state index in [0.717, 1.165) is 131 Å². The Labute approximate surface area is 298 Å². The summed E-state index contributed by atoms with van der Waals surface area (Å²) in [6.07, 6.45) is 0. The normalized spacial score (nSPS) is 12.9. The topological polar surface area (TPSA) is 179 Å². The van der Waals surface area contributed by atoms with Crippen LogP contribution in [0.5, 0.6) is 0 Å². The van der Waals surface area contributed by atoms with E-state index in [0.29, 0.717) is 57.1 Å². The molecule has 290 valence electrons. The Morgan fingerprint density at radius 1 is 0.292 bits per heavy atom. The van der Waals surface area contributed by atoms with Crippen LogP contribution in [0.3, 0.4) is 0 Å². The van der Waals surface area contributed by atoms with Gasteiger partial charge in [-0.05, 0) is 25.7 Å². The van der Waals surface area contributed by atoms with Gasteiger partial charge in [0.05, 0.1) is 0 Å². The zero-order valence-electron chi connectivity index (χ0n) is 32.7. The first kappa shape index (κ1) is 47.5. The average Bonchev–Trinajstić information content (AvgIpc) is 3.02. The number of rotatable bonds is 35. The van der Waals surface area contributed by atoms with E-state index in [1.165, 1.54) is 0 Å². The molecule has 12 N–H and O–H groups in total. The van der Waals surface area contributed by atoms with Gasteiger partial charge in [0.15, 0.2) is 0 Å². The molecule has 0 unspecified atom stereocenters. The summed E-state index contributed by atoms with van der Waals surface area (Å²) in [5.41, 5.74) is 36.1. The number of nitrogens with two attached hydrogens (primary N) is 6. The van der Waals surface area contributed by atoms with Gasteiger partial charge in [-0.1, -0.05) is 27.7 Å². The van der Waals surface area contributed by atoms with Crippen LogP contribution in [0.15, 0.2) is 0 Å². The first-order chi connectivity index (χ1) is 23.0. The van der Waals surface area contributed by atoms with Crippen LogP contribution in [0.25, 0.3) is 0 Å². The Balaban J connectivity index is 5.51. The second kappa shape index (κ2) is 31.2. The quantitative estimate of drug-likeness (QED) is 0.0458. The molecule has 0 aromatic carbocycles. The van der Waals surface area contributed by atoms with Gasteiger partial charge in [-0.15, -0.1) is 0 Å². The largest absolute Gasteiger partial charge is 0.329 e. The van der Waals surface area contributed by atoms with Crippen molar-refractivity contribution in [2.24, 2.45) is 46.2 Å². The standard InChI is InChI=1S/C35H85N13/c1-33(2)31-46(16-10-39)27-25-43(14-8-37)20-19-42(13-7-36)21-23-45(26-28-47(17-11-40)32-34(3)4)24-22-44(15-9-38)29-30-48(18-12-41)35(5)6/h33-35H,7-32,36-41H2,1-6H3. The summed E-state index contributed by atoms with van der Waals surface area (Å²) in [6.45, 7) is 37.5. The maximum atomic E-state index is 6.13. The zero-order valence-corrected chi connectivity index (χ0v) is 32.7. The molecule has 0 aliphatic carbocycles. The molecular formula is C35H85N13. The Kier molecular flexibility index (Phi) is 30.9. The first-order valence-electron chi connectivity index (χ1n) is 19.3. The van der Waals surface area contributed by atoms with Crippen molar-refractivity contribution in [2.75, 3.05) is 170 Å². The van der Waals surface area contributed by atoms with Gasteiger partial charge < -0.3 is 44.2 Å². The minimum Gasteiger partial charge on any atom is -0.329 e. The van der Waals surface area contributed by atoms with E-state index in [4.69, 9.17) is 34.4 Å². The molecule has 0 bridgehead atoms. The van der Waals surface area contributed by atoms with Gasteiger partial charge in [0.25, 0.3) is 0 Å². The van der Waals surface area contributed by atoms with Crippen molar-refractivity contribution in [3.8, 4) is 0 Å². The zero-order chi connectivity index (χ0) is 36.2. The van der Waals surface area contributed by atoms with Crippen molar-refractivity contribution >= 4 is 0 Å². The molecule has 0 aromatic heterocycles. The summed E-state index contributed by atoms with van der Waals surface area (Å²) in [5.74, 6) is 1.25. The molecule has 13 nitrogen and oxygen atoms in total. The summed E-state index contributed by atoms with van der Waals surface area (Å²) in [5, 5.41) is 0. The van der Waals surface area contributed by atoms with E-state index in [1.807, 2.05) is 0 Å². The molecular weight excluding hydrogens is 602 g/mol. The molecule has 0 rings (SSSR count). The summed E-state index contributed by atoms with van der Waals surface area (Å²) < 4.78 is 0. The maximum Gasteiger partial charge on any atom is 0.0113 e. The molecule has 0 atom stereocenters. The Hall–Kier alpha value is -0.520. The van der Waals surface area contributed by atoms with Gasteiger partial charge in [0, 0.05) is 176 Å². The van der Waals surface area contributed by atoms with E-state index >= 15 is 0 Å². The lowest BCUT2D eigenvalue weighted by molar-refractivity contribution is 0.134. The maximum absolute atomic E-state index is 6.13. The van der Waals surface area contributed by atoms with E-state index in [-0.39, 0.29) is 0 Å². The van der Waals surface area contributed by atoms with Crippen LogP contribution in [0.4, 0.5) is 0 Å². The second-order valence-corrected chi connectivity index (χ2v) is 14.6. The molecule has 0 amide bonds. The fraction of sp³-hybridized carbons (Fsp3) is 1.00. The molecule has 13 heteroatoms. The minimum absolute atomic E-state index is 0.485. The summed E-state index contributed by atoms with van der Waals surface area (Å²) >= 11 is 0.